The van der Waals surface area contributed by atoms with Crippen LogP contribution in [0, 0.1) is 13.8 Å². The van der Waals surface area contributed by atoms with Gasteiger partial charge in [0, 0.05) is 19.8 Å². The summed E-state index contributed by atoms with van der Waals surface area (Å²) in [5.41, 5.74) is 4.70. The molecule has 6 nitrogen and oxygen atoms in total. The Balaban J connectivity index is 1.73. The van der Waals surface area contributed by atoms with Crippen molar-refractivity contribution in [3.05, 3.63) is 53.2 Å². The lowest BCUT2D eigenvalue weighted by molar-refractivity contribution is 0.0958. The zero-order chi connectivity index (χ0) is 17.6. The zero-order valence-electron chi connectivity index (χ0n) is 14.6. The van der Waals surface area contributed by atoms with Crippen LogP contribution < -0.4 is 4.90 Å². The monoisotopic (exact) mass is 336 g/mol. The van der Waals surface area contributed by atoms with Gasteiger partial charge in [0.05, 0.1) is 23.1 Å². The molecule has 2 aromatic heterocycles. The summed E-state index contributed by atoms with van der Waals surface area (Å²) in [7, 11) is 1.83. The molecule has 128 valence electrons. The number of para-hydroxylation sites is 1. The van der Waals surface area contributed by atoms with Crippen molar-refractivity contribution in [1.82, 2.24) is 14.8 Å². The maximum Gasteiger partial charge on any atom is 0.296 e. The highest BCUT2D eigenvalue weighted by atomic mass is 16.4. The number of aromatic nitrogens is 3. The Bertz CT molecular complexity index is 954. The van der Waals surface area contributed by atoms with E-state index in [1.165, 1.54) is 5.56 Å². The second-order valence-electron chi connectivity index (χ2n) is 6.48. The van der Waals surface area contributed by atoms with Gasteiger partial charge in [0.2, 0.25) is 11.7 Å². The van der Waals surface area contributed by atoms with E-state index in [1.54, 1.807) is 17.8 Å². The molecule has 1 aliphatic rings. The summed E-state index contributed by atoms with van der Waals surface area (Å²) in [4.78, 5) is 19.4. The molecule has 1 aromatic carbocycles. The molecule has 4 rings (SSSR count). The van der Waals surface area contributed by atoms with Crippen LogP contribution in [-0.2, 0) is 13.5 Å². The summed E-state index contributed by atoms with van der Waals surface area (Å²) in [5, 5.41) is 4.13. The van der Waals surface area contributed by atoms with Crippen molar-refractivity contribution >= 4 is 11.6 Å². The van der Waals surface area contributed by atoms with Crippen LogP contribution in [0.25, 0.3) is 11.5 Å². The molecule has 0 radical (unpaired) electrons. The topological polar surface area (TPSA) is 64.2 Å². The molecule has 25 heavy (non-hydrogen) atoms. The van der Waals surface area contributed by atoms with E-state index >= 15 is 0 Å². The van der Waals surface area contributed by atoms with Crippen molar-refractivity contribution in [1.29, 1.82) is 0 Å². The second kappa shape index (κ2) is 5.88. The molecule has 0 aliphatic carbocycles. The normalized spacial score (nSPS) is 13.8. The lowest BCUT2D eigenvalue weighted by atomic mass is 9.98. The summed E-state index contributed by atoms with van der Waals surface area (Å²) >= 11 is 0. The molecule has 6 heteroatoms. The quantitative estimate of drug-likeness (QED) is 0.720. The molecule has 0 saturated carbocycles. The lowest BCUT2D eigenvalue weighted by Gasteiger charge is -2.30. The molecular formula is C19H20N4O2. The summed E-state index contributed by atoms with van der Waals surface area (Å²) in [6, 6.07) is 6.18. The Morgan fingerprint density at radius 2 is 2.12 bits per heavy atom. The summed E-state index contributed by atoms with van der Waals surface area (Å²) in [5.74, 6) is 0.598. The molecule has 1 aliphatic heterocycles. The number of hydrogen-bond acceptors (Lipinski definition) is 4. The minimum atomic E-state index is -0.129. The lowest BCUT2D eigenvalue weighted by Crippen LogP contribution is -2.36. The van der Waals surface area contributed by atoms with Crippen LogP contribution in [0.5, 0.6) is 0 Å². The number of oxazole rings is 1. The molecule has 3 aromatic rings. The van der Waals surface area contributed by atoms with Crippen molar-refractivity contribution in [3.8, 4) is 11.5 Å². The SMILES string of the molecule is Cc1cccc2c1N(C(=O)c1oc(-c3cnn(C)c3)nc1C)CCC2. The first kappa shape index (κ1) is 15.6. The van der Waals surface area contributed by atoms with Crippen molar-refractivity contribution in [2.24, 2.45) is 7.05 Å². The second-order valence-corrected chi connectivity index (χ2v) is 6.48. The first-order chi connectivity index (χ1) is 12.0. The van der Waals surface area contributed by atoms with E-state index < -0.39 is 0 Å². The maximum atomic E-state index is 13.2. The zero-order valence-corrected chi connectivity index (χ0v) is 14.6. The number of carbonyl (C=O) groups excluding carboxylic acids is 1. The molecule has 0 N–H and O–H groups in total. The van der Waals surface area contributed by atoms with Crippen molar-refractivity contribution in [2.75, 3.05) is 11.4 Å². The highest BCUT2D eigenvalue weighted by molar-refractivity contribution is 6.06. The van der Waals surface area contributed by atoms with Crippen LogP contribution in [0.1, 0.15) is 33.8 Å². The van der Waals surface area contributed by atoms with Gasteiger partial charge < -0.3 is 9.32 Å². The fraction of sp³-hybridized carbons (Fsp3) is 0.316. The van der Waals surface area contributed by atoms with Gasteiger partial charge in [0.25, 0.3) is 5.91 Å². The highest BCUT2D eigenvalue weighted by Crippen LogP contribution is 2.32. The van der Waals surface area contributed by atoms with E-state index in [2.05, 4.69) is 16.1 Å². The van der Waals surface area contributed by atoms with Crippen LogP contribution in [0.4, 0.5) is 5.69 Å². The highest BCUT2D eigenvalue weighted by Gasteiger charge is 2.29. The molecule has 0 unspecified atom stereocenters. The summed E-state index contributed by atoms with van der Waals surface area (Å²) in [6.07, 6.45) is 5.45. The van der Waals surface area contributed by atoms with Crippen molar-refractivity contribution in [2.45, 2.75) is 26.7 Å². The number of nitrogens with zero attached hydrogens (tertiary/aromatic N) is 4. The molecule has 0 saturated heterocycles. The molecule has 0 bridgehead atoms. The standard InChI is InChI=1S/C19H20N4O2/c1-12-6-4-7-14-8-5-9-23(16(12)14)19(24)17-13(2)21-18(25-17)15-10-20-22(3)11-15/h4,6-7,10-11H,5,8-9H2,1-3H3. The van der Waals surface area contributed by atoms with Gasteiger partial charge in [-0.15, -0.1) is 0 Å². The van der Waals surface area contributed by atoms with E-state index in [1.807, 2.05) is 37.2 Å². The number of amides is 1. The van der Waals surface area contributed by atoms with E-state index in [0.717, 1.165) is 29.7 Å². The fourth-order valence-electron chi connectivity index (χ4n) is 3.42. The maximum absolute atomic E-state index is 13.2. The van der Waals surface area contributed by atoms with E-state index in [0.29, 0.717) is 23.9 Å². The van der Waals surface area contributed by atoms with Crippen LogP contribution in [-0.4, -0.2) is 27.2 Å². The Kier molecular flexibility index (Phi) is 3.67. The fourth-order valence-corrected chi connectivity index (χ4v) is 3.42. The average Bonchev–Trinajstić information content (AvgIpc) is 3.20. The van der Waals surface area contributed by atoms with Crippen LogP contribution in [0.3, 0.4) is 0 Å². The summed E-state index contributed by atoms with van der Waals surface area (Å²) in [6.45, 7) is 4.54. The molecule has 3 heterocycles. The van der Waals surface area contributed by atoms with Gasteiger partial charge in [-0.05, 0) is 37.8 Å². The average molecular weight is 336 g/mol. The molecule has 0 spiro atoms. The Morgan fingerprint density at radius 3 is 2.88 bits per heavy atom. The van der Waals surface area contributed by atoms with Gasteiger partial charge >= 0.3 is 0 Å². The van der Waals surface area contributed by atoms with Gasteiger partial charge in [-0.25, -0.2) is 4.98 Å². The minimum absolute atomic E-state index is 0.129. The number of rotatable bonds is 2. The van der Waals surface area contributed by atoms with Gasteiger partial charge in [0.1, 0.15) is 0 Å². The Hall–Kier alpha value is -2.89. The number of aryl methyl sites for hydroxylation is 4. The third kappa shape index (κ3) is 2.63. The van der Waals surface area contributed by atoms with Crippen molar-refractivity contribution < 1.29 is 9.21 Å². The number of carbonyl (C=O) groups is 1. The molecular weight excluding hydrogens is 316 g/mol. The smallest absolute Gasteiger partial charge is 0.296 e. The minimum Gasteiger partial charge on any atom is -0.430 e. The van der Waals surface area contributed by atoms with Crippen LogP contribution in [0.15, 0.2) is 35.0 Å². The molecule has 0 fully saturated rings. The first-order valence-corrected chi connectivity index (χ1v) is 8.41. The van der Waals surface area contributed by atoms with E-state index in [4.69, 9.17) is 4.42 Å². The Labute approximate surface area is 146 Å². The van der Waals surface area contributed by atoms with Gasteiger partial charge in [-0.2, -0.15) is 5.10 Å². The van der Waals surface area contributed by atoms with E-state index in [-0.39, 0.29) is 5.91 Å². The molecule has 1 amide bonds. The third-order valence-corrected chi connectivity index (χ3v) is 4.61. The predicted molar refractivity (Wildman–Crippen MR) is 94.6 cm³/mol. The Morgan fingerprint density at radius 1 is 1.28 bits per heavy atom. The van der Waals surface area contributed by atoms with Crippen molar-refractivity contribution in [3.63, 3.8) is 0 Å². The number of fused-ring (bicyclic) bond motifs is 1. The number of anilines is 1. The predicted octanol–water partition coefficient (Wildman–Crippen LogP) is 3.28. The number of hydrogen-bond donors (Lipinski definition) is 0. The van der Waals surface area contributed by atoms with Gasteiger partial charge in [-0.1, -0.05) is 18.2 Å². The first-order valence-electron chi connectivity index (χ1n) is 8.41. The third-order valence-electron chi connectivity index (χ3n) is 4.61. The largest absolute Gasteiger partial charge is 0.430 e. The van der Waals surface area contributed by atoms with Crippen LogP contribution in [0.2, 0.25) is 0 Å². The van der Waals surface area contributed by atoms with Crippen LogP contribution >= 0.6 is 0 Å². The molecule has 0 atom stereocenters. The number of benzene rings is 1. The van der Waals surface area contributed by atoms with Gasteiger partial charge in [-0.3, -0.25) is 9.48 Å². The van der Waals surface area contributed by atoms with Gasteiger partial charge in [0.15, 0.2) is 0 Å². The van der Waals surface area contributed by atoms with E-state index in [9.17, 15) is 4.79 Å². The summed E-state index contributed by atoms with van der Waals surface area (Å²) < 4.78 is 7.51.